The topological polar surface area (TPSA) is 136 Å². The molecule has 1 saturated heterocycles. The van der Waals surface area contributed by atoms with Crippen LogP contribution in [0.15, 0.2) is 24.3 Å². The highest BCUT2D eigenvalue weighted by atomic mass is 16.7. The normalized spacial score (nSPS) is 24.6. The Labute approximate surface area is 185 Å². The maximum Gasteiger partial charge on any atom is 0.303 e. The minimum atomic E-state index is -1.18. The van der Waals surface area contributed by atoms with E-state index in [4.69, 9.17) is 28.4 Å². The van der Waals surface area contributed by atoms with Crippen molar-refractivity contribution in [3.05, 3.63) is 24.3 Å². The smallest absolute Gasteiger partial charge is 0.303 e. The molecule has 1 amide bonds. The zero-order valence-electron chi connectivity index (χ0n) is 18.5. The van der Waals surface area contributed by atoms with Crippen molar-refractivity contribution in [2.45, 2.75) is 58.3 Å². The van der Waals surface area contributed by atoms with Crippen molar-refractivity contribution in [3.63, 3.8) is 0 Å². The van der Waals surface area contributed by atoms with Crippen LogP contribution in [0, 0.1) is 0 Å². The van der Waals surface area contributed by atoms with Crippen LogP contribution >= 0.6 is 0 Å². The van der Waals surface area contributed by atoms with Gasteiger partial charge in [-0.1, -0.05) is 0 Å². The number of ether oxygens (including phenoxy) is 6. The van der Waals surface area contributed by atoms with Crippen molar-refractivity contribution in [1.82, 2.24) is 5.32 Å². The van der Waals surface area contributed by atoms with Gasteiger partial charge in [-0.3, -0.25) is 19.2 Å². The number of benzene rings is 1. The van der Waals surface area contributed by atoms with E-state index in [1.165, 1.54) is 34.8 Å². The maximum atomic E-state index is 11.9. The number of carbonyl (C=O) groups is 4. The molecule has 1 aromatic rings. The molecule has 5 atom stereocenters. The number of methoxy groups -OCH3 is 1. The lowest BCUT2D eigenvalue weighted by Gasteiger charge is -2.44. The minimum Gasteiger partial charge on any atom is -0.497 e. The number of rotatable bonds is 8. The molecule has 0 unspecified atom stereocenters. The summed E-state index contributed by atoms with van der Waals surface area (Å²) in [4.78, 5) is 46.8. The molecule has 0 radical (unpaired) electrons. The van der Waals surface area contributed by atoms with E-state index in [-0.39, 0.29) is 6.61 Å². The van der Waals surface area contributed by atoms with Crippen LogP contribution in [0.4, 0.5) is 0 Å². The van der Waals surface area contributed by atoms with Crippen LogP contribution in [0.5, 0.6) is 11.5 Å². The van der Waals surface area contributed by atoms with E-state index in [9.17, 15) is 19.2 Å². The highest BCUT2D eigenvalue weighted by molar-refractivity contribution is 5.73. The average molecular weight is 453 g/mol. The second-order valence-corrected chi connectivity index (χ2v) is 7.01. The van der Waals surface area contributed by atoms with Crippen molar-refractivity contribution in [2.75, 3.05) is 13.7 Å². The number of nitrogens with one attached hydrogen (secondary N) is 1. The molecule has 0 bridgehead atoms. The van der Waals surface area contributed by atoms with Crippen LogP contribution in [0.2, 0.25) is 0 Å². The van der Waals surface area contributed by atoms with Crippen molar-refractivity contribution in [1.29, 1.82) is 0 Å². The molecule has 1 N–H and O–H groups in total. The molecule has 1 fully saturated rings. The Morgan fingerprint density at radius 2 is 1.44 bits per heavy atom. The van der Waals surface area contributed by atoms with Crippen molar-refractivity contribution < 1.29 is 47.6 Å². The van der Waals surface area contributed by atoms with Gasteiger partial charge >= 0.3 is 17.9 Å². The van der Waals surface area contributed by atoms with E-state index < -0.39 is 54.5 Å². The third-order valence-corrected chi connectivity index (χ3v) is 4.38. The zero-order chi connectivity index (χ0) is 23.8. The molecule has 0 spiro atoms. The molecule has 176 valence electrons. The lowest BCUT2D eigenvalue weighted by atomic mass is 9.96. The fourth-order valence-corrected chi connectivity index (χ4v) is 3.18. The van der Waals surface area contributed by atoms with Crippen LogP contribution in [0.3, 0.4) is 0 Å². The van der Waals surface area contributed by atoms with Gasteiger partial charge in [0, 0.05) is 27.7 Å². The quantitative estimate of drug-likeness (QED) is 0.443. The van der Waals surface area contributed by atoms with Crippen molar-refractivity contribution in [2.24, 2.45) is 0 Å². The zero-order valence-corrected chi connectivity index (χ0v) is 18.5. The Morgan fingerprint density at radius 3 is 1.94 bits per heavy atom. The fourth-order valence-electron chi connectivity index (χ4n) is 3.18. The number of esters is 3. The first-order valence-corrected chi connectivity index (χ1v) is 9.81. The Morgan fingerprint density at radius 1 is 0.875 bits per heavy atom. The average Bonchev–Trinajstić information content (AvgIpc) is 2.70. The molecule has 1 aromatic carbocycles. The molecule has 32 heavy (non-hydrogen) atoms. The predicted octanol–water partition coefficient (Wildman–Crippen LogP) is 0.730. The lowest BCUT2D eigenvalue weighted by Crippen LogP contribution is -2.67. The van der Waals surface area contributed by atoms with Gasteiger partial charge in [0.05, 0.1) is 7.11 Å². The summed E-state index contributed by atoms with van der Waals surface area (Å²) in [5.41, 5.74) is 0. The summed E-state index contributed by atoms with van der Waals surface area (Å²) < 4.78 is 32.7. The second kappa shape index (κ2) is 11.3. The summed E-state index contributed by atoms with van der Waals surface area (Å²) in [6, 6.07) is 5.51. The second-order valence-electron chi connectivity index (χ2n) is 7.01. The van der Waals surface area contributed by atoms with Gasteiger partial charge in [-0.25, -0.2) is 0 Å². The summed E-state index contributed by atoms with van der Waals surface area (Å²) >= 11 is 0. The Balaban J connectivity index is 2.42. The number of hydrogen-bond donors (Lipinski definition) is 1. The van der Waals surface area contributed by atoms with E-state index in [1.54, 1.807) is 24.3 Å². The highest BCUT2D eigenvalue weighted by Gasteiger charge is 2.51. The minimum absolute atomic E-state index is 0.305. The Hall–Kier alpha value is -3.34. The number of carbonyl (C=O) groups excluding carboxylic acids is 4. The fraction of sp³-hybridized carbons (Fsp3) is 0.524. The first kappa shape index (κ1) is 24.9. The van der Waals surface area contributed by atoms with Gasteiger partial charge in [0.1, 0.15) is 30.3 Å². The largest absolute Gasteiger partial charge is 0.497 e. The SMILES string of the molecule is COc1ccc(O[C@@H]2O[C@H](COC(C)=O)[C@H](OC(C)=O)[C@H](OC(C)=O)[C@@H]2NC(C)=O)cc1. The molecule has 1 aliphatic rings. The Kier molecular flexibility index (Phi) is 8.82. The summed E-state index contributed by atoms with van der Waals surface area (Å²) in [6.45, 7) is 4.51. The van der Waals surface area contributed by atoms with Crippen LogP contribution in [-0.4, -0.2) is 68.2 Å². The molecule has 1 heterocycles. The van der Waals surface area contributed by atoms with Crippen LogP contribution in [0.1, 0.15) is 27.7 Å². The van der Waals surface area contributed by atoms with Gasteiger partial charge < -0.3 is 33.7 Å². The van der Waals surface area contributed by atoms with Crippen molar-refractivity contribution >= 4 is 23.8 Å². The highest BCUT2D eigenvalue weighted by Crippen LogP contribution is 2.29. The Bertz CT molecular complexity index is 824. The molecular formula is C21H27NO10. The van der Waals surface area contributed by atoms with Crippen LogP contribution in [0.25, 0.3) is 0 Å². The lowest BCUT2D eigenvalue weighted by molar-refractivity contribution is -0.257. The van der Waals surface area contributed by atoms with Gasteiger partial charge in [0.15, 0.2) is 12.2 Å². The number of hydrogen-bond acceptors (Lipinski definition) is 10. The van der Waals surface area contributed by atoms with Gasteiger partial charge in [0.2, 0.25) is 12.2 Å². The molecule has 11 heteroatoms. The van der Waals surface area contributed by atoms with E-state index in [0.717, 1.165) is 0 Å². The van der Waals surface area contributed by atoms with E-state index in [1.807, 2.05) is 0 Å². The third-order valence-electron chi connectivity index (χ3n) is 4.38. The molecule has 11 nitrogen and oxygen atoms in total. The molecule has 0 aromatic heterocycles. The maximum absolute atomic E-state index is 11.9. The van der Waals surface area contributed by atoms with E-state index >= 15 is 0 Å². The van der Waals surface area contributed by atoms with Crippen molar-refractivity contribution in [3.8, 4) is 11.5 Å². The predicted molar refractivity (Wildman–Crippen MR) is 108 cm³/mol. The monoisotopic (exact) mass is 453 g/mol. The summed E-state index contributed by atoms with van der Waals surface area (Å²) in [5, 5.41) is 2.63. The standard InChI is InChI=1S/C21H27NO10/c1-11(23)22-18-20(30-14(4)26)19(29-13(3)25)17(10-28-12(2)24)32-21(18)31-16-8-6-15(27-5)7-9-16/h6-9,17-21H,10H2,1-5H3,(H,22,23)/t17-,18+,19+,20-,21-/m1/s1. The van der Waals surface area contributed by atoms with Gasteiger partial charge in [0.25, 0.3) is 0 Å². The summed E-state index contributed by atoms with van der Waals surface area (Å²) in [5.74, 6) is -1.45. The summed E-state index contributed by atoms with van der Waals surface area (Å²) in [6.07, 6.45) is -4.58. The van der Waals surface area contributed by atoms with Crippen LogP contribution in [-0.2, 0) is 38.1 Å². The van der Waals surface area contributed by atoms with Crippen LogP contribution < -0.4 is 14.8 Å². The van der Waals surface area contributed by atoms with E-state index in [0.29, 0.717) is 11.5 Å². The molecule has 0 saturated carbocycles. The molecule has 1 aliphatic heterocycles. The van der Waals surface area contributed by atoms with Gasteiger partial charge in [-0.2, -0.15) is 0 Å². The number of amides is 1. The van der Waals surface area contributed by atoms with E-state index in [2.05, 4.69) is 5.32 Å². The summed E-state index contributed by atoms with van der Waals surface area (Å²) in [7, 11) is 1.52. The first-order valence-electron chi connectivity index (χ1n) is 9.81. The van der Waals surface area contributed by atoms with Gasteiger partial charge in [-0.15, -0.1) is 0 Å². The first-order chi connectivity index (χ1) is 15.1. The molecule has 2 rings (SSSR count). The third kappa shape index (κ3) is 7.12. The molecular weight excluding hydrogens is 426 g/mol. The van der Waals surface area contributed by atoms with Gasteiger partial charge in [-0.05, 0) is 24.3 Å². The molecule has 0 aliphatic carbocycles.